The lowest BCUT2D eigenvalue weighted by Gasteiger charge is -1.94. The van der Waals surface area contributed by atoms with E-state index >= 15 is 0 Å². The van der Waals surface area contributed by atoms with Crippen molar-refractivity contribution in [1.82, 2.24) is 10.1 Å². The molecule has 0 saturated carbocycles. The van der Waals surface area contributed by atoms with Crippen LogP contribution in [0, 0.1) is 11.6 Å². The summed E-state index contributed by atoms with van der Waals surface area (Å²) in [6.45, 7) is 0. The minimum absolute atomic E-state index is 0.0162. The highest BCUT2D eigenvalue weighted by Gasteiger charge is 2.15. The van der Waals surface area contributed by atoms with E-state index in [0.29, 0.717) is 6.07 Å². The van der Waals surface area contributed by atoms with Crippen LogP contribution in [0.2, 0.25) is 0 Å². The van der Waals surface area contributed by atoms with Crippen LogP contribution in [-0.4, -0.2) is 21.2 Å². The molecule has 0 atom stereocenters. The number of aromatic carboxylic acids is 1. The standard InChI is InChI=1S/C9H4F2N2O3/c10-5-1-4(2-6(11)3-5)8-12-7(9(14)15)13-16-8/h1-3H,(H,14,15). The van der Waals surface area contributed by atoms with E-state index in [1.54, 1.807) is 0 Å². The number of carboxylic acid groups (broad SMARTS) is 1. The lowest BCUT2D eigenvalue weighted by atomic mass is 10.2. The van der Waals surface area contributed by atoms with Gasteiger partial charge in [-0.05, 0) is 17.3 Å². The Morgan fingerprint density at radius 1 is 1.25 bits per heavy atom. The number of hydrogen-bond acceptors (Lipinski definition) is 4. The smallest absolute Gasteiger partial charge is 0.377 e. The second kappa shape index (κ2) is 3.69. The van der Waals surface area contributed by atoms with Crippen LogP contribution in [0.15, 0.2) is 22.7 Å². The highest BCUT2D eigenvalue weighted by atomic mass is 19.1. The van der Waals surface area contributed by atoms with Gasteiger partial charge in [0.1, 0.15) is 11.6 Å². The van der Waals surface area contributed by atoms with E-state index in [-0.39, 0.29) is 11.5 Å². The third-order valence-electron chi connectivity index (χ3n) is 1.73. The van der Waals surface area contributed by atoms with E-state index in [4.69, 9.17) is 5.11 Å². The fourth-order valence-corrected chi connectivity index (χ4v) is 1.10. The van der Waals surface area contributed by atoms with Crippen LogP contribution in [0.4, 0.5) is 8.78 Å². The lowest BCUT2D eigenvalue weighted by molar-refractivity contribution is 0.0680. The summed E-state index contributed by atoms with van der Waals surface area (Å²) >= 11 is 0. The molecule has 5 nitrogen and oxygen atoms in total. The summed E-state index contributed by atoms with van der Waals surface area (Å²) < 4.78 is 30.2. The first-order chi connectivity index (χ1) is 7.56. The van der Waals surface area contributed by atoms with Gasteiger partial charge in [0.25, 0.3) is 11.7 Å². The predicted octanol–water partition coefficient (Wildman–Crippen LogP) is 1.71. The highest BCUT2D eigenvalue weighted by Crippen LogP contribution is 2.19. The zero-order valence-corrected chi connectivity index (χ0v) is 7.65. The maximum Gasteiger partial charge on any atom is 0.377 e. The second-order valence-corrected chi connectivity index (χ2v) is 2.89. The zero-order chi connectivity index (χ0) is 11.7. The number of nitrogens with zero attached hydrogens (tertiary/aromatic N) is 2. The Labute approximate surface area is 87.3 Å². The molecular weight excluding hydrogens is 222 g/mol. The molecule has 16 heavy (non-hydrogen) atoms. The van der Waals surface area contributed by atoms with Gasteiger partial charge in [-0.25, -0.2) is 13.6 Å². The number of carbonyl (C=O) groups is 1. The molecule has 0 spiro atoms. The zero-order valence-electron chi connectivity index (χ0n) is 7.65. The van der Waals surface area contributed by atoms with Gasteiger partial charge in [0.15, 0.2) is 0 Å². The van der Waals surface area contributed by atoms with Crippen molar-refractivity contribution in [3.05, 3.63) is 35.7 Å². The summed E-state index contributed by atoms with van der Waals surface area (Å²) in [4.78, 5) is 13.9. The van der Waals surface area contributed by atoms with Crippen LogP contribution in [0.3, 0.4) is 0 Å². The highest BCUT2D eigenvalue weighted by molar-refractivity contribution is 5.83. The first kappa shape index (κ1) is 10.2. The molecule has 2 aromatic rings. The molecule has 1 N–H and O–H groups in total. The topological polar surface area (TPSA) is 76.2 Å². The Hall–Kier alpha value is -2.31. The van der Waals surface area contributed by atoms with Gasteiger partial charge >= 0.3 is 5.97 Å². The van der Waals surface area contributed by atoms with Gasteiger partial charge in [-0.1, -0.05) is 0 Å². The minimum atomic E-state index is -1.38. The van der Waals surface area contributed by atoms with Gasteiger partial charge in [0, 0.05) is 11.6 Å². The summed E-state index contributed by atoms with van der Waals surface area (Å²) in [6, 6.07) is 2.60. The Bertz CT molecular complexity index is 533. The number of carboxylic acids is 1. The summed E-state index contributed by atoms with van der Waals surface area (Å²) in [5.41, 5.74) is -0.0162. The molecule has 0 bridgehead atoms. The van der Waals surface area contributed by atoms with Crippen LogP contribution in [0.1, 0.15) is 10.6 Å². The number of halogens is 2. The molecule has 0 radical (unpaired) electrons. The minimum Gasteiger partial charge on any atom is -0.475 e. The Balaban J connectivity index is 2.46. The van der Waals surface area contributed by atoms with E-state index in [0.717, 1.165) is 12.1 Å². The molecule has 1 aromatic carbocycles. The van der Waals surface area contributed by atoms with Gasteiger partial charge in [0.05, 0.1) is 0 Å². The number of aromatic nitrogens is 2. The quantitative estimate of drug-likeness (QED) is 0.843. The fourth-order valence-electron chi connectivity index (χ4n) is 1.10. The van der Waals surface area contributed by atoms with Gasteiger partial charge in [-0.2, -0.15) is 4.98 Å². The van der Waals surface area contributed by atoms with Crippen molar-refractivity contribution in [3.63, 3.8) is 0 Å². The number of hydrogen-bond donors (Lipinski definition) is 1. The maximum absolute atomic E-state index is 12.8. The van der Waals surface area contributed by atoms with Crippen molar-refractivity contribution < 1.29 is 23.2 Å². The molecule has 1 heterocycles. The van der Waals surface area contributed by atoms with Crippen LogP contribution >= 0.6 is 0 Å². The summed E-state index contributed by atoms with van der Waals surface area (Å²) in [5.74, 6) is -3.84. The summed E-state index contributed by atoms with van der Waals surface area (Å²) in [5, 5.41) is 11.6. The van der Waals surface area contributed by atoms with Crippen LogP contribution < -0.4 is 0 Å². The van der Waals surface area contributed by atoms with Crippen LogP contribution in [-0.2, 0) is 0 Å². The van der Waals surface area contributed by atoms with E-state index in [1.165, 1.54) is 0 Å². The molecule has 0 aliphatic carbocycles. The second-order valence-electron chi connectivity index (χ2n) is 2.89. The Morgan fingerprint density at radius 2 is 1.88 bits per heavy atom. The van der Waals surface area contributed by atoms with Crippen LogP contribution in [0.25, 0.3) is 11.5 Å². The molecule has 0 fully saturated rings. The van der Waals surface area contributed by atoms with E-state index in [2.05, 4.69) is 14.7 Å². The molecule has 0 aliphatic rings. The lowest BCUT2D eigenvalue weighted by Crippen LogP contribution is -1.98. The van der Waals surface area contributed by atoms with E-state index in [9.17, 15) is 13.6 Å². The summed E-state index contributed by atoms with van der Waals surface area (Å²) in [6.07, 6.45) is 0. The average molecular weight is 226 g/mol. The average Bonchev–Trinajstić information content (AvgIpc) is 2.64. The van der Waals surface area contributed by atoms with Crippen LogP contribution in [0.5, 0.6) is 0 Å². The molecule has 0 saturated heterocycles. The van der Waals surface area contributed by atoms with E-state index < -0.39 is 23.4 Å². The van der Waals surface area contributed by atoms with Gasteiger partial charge in [0.2, 0.25) is 0 Å². The predicted molar refractivity (Wildman–Crippen MR) is 46.6 cm³/mol. The largest absolute Gasteiger partial charge is 0.475 e. The maximum atomic E-state index is 12.8. The Morgan fingerprint density at radius 3 is 2.38 bits per heavy atom. The fraction of sp³-hybridized carbons (Fsp3) is 0. The third-order valence-corrected chi connectivity index (χ3v) is 1.73. The van der Waals surface area contributed by atoms with E-state index in [1.807, 2.05) is 0 Å². The Kier molecular flexibility index (Phi) is 2.35. The first-order valence-electron chi connectivity index (χ1n) is 4.10. The molecule has 2 rings (SSSR count). The molecule has 0 amide bonds. The van der Waals surface area contributed by atoms with Gasteiger partial charge < -0.3 is 9.63 Å². The van der Waals surface area contributed by atoms with Crippen molar-refractivity contribution in [2.24, 2.45) is 0 Å². The number of rotatable bonds is 2. The SMILES string of the molecule is O=C(O)c1noc(-c2cc(F)cc(F)c2)n1. The molecular formula is C9H4F2N2O3. The van der Waals surface area contributed by atoms with Crippen molar-refractivity contribution >= 4 is 5.97 Å². The first-order valence-corrected chi connectivity index (χ1v) is 4.10. The molecule has 1 aromatic heterocycles. The molecule has 0 aliphatic heterocycles. The molecule has 0 unspecified atom stereocenters. The van der Waals surface area contributed by atoms with Gasteiger partial charge in [-0.3, -0.25) is 0 Å². The summed E-state index contributed by atoms with van der Waals surface area (Å²) in [7, 11) is 0. The molecule has 7 heteroatoms. The third kappa shape index (κ3) is 1.88. The number of benzene rings is 1. The molecule has 82 valence electrons. The van der Waals surface area contributed by atoms with Crippen molar-refractivity contribution in [3.8, 4) is 11.5 Å². The van der Waals surface area contributed by atoms with Crippen molar-refractivity contribution in [2.75, 3.05) is 0 Å². The monoisotopic (exact) mass is 226 g/mol. The normalized spacial score (nSPS) is 10.4. The van der Waals surface area contributed by atoms with Crippen molar-refractivity contribution in [1.29, 1.82) is 0 Å². The van der Waals surface area contributed by atoms with Crippen molar-refractivity contribution in [2.45, 2.75) is 0 Å². The van der Waals surface area contributed by atoms with Gasteiger partial charge in [-0.15, -0.1) is 0 Å².